The van der Waals surface area contributed by atoms with E-state index in [9.17, 15) is 0 Å². The molecule has 140 valence electrons. The molecular weight excluding hydrogens is 403 g/mol. The van der Waals surface area contributed by atoms with E-state index < -0.39 is 15.1 Å². The molecule has 0 N–H and O–H groups in total. The summed E-state index contributed by atoms with van der Waals surface area (Å²) in [5.74, 6) is 1.84. The molecule has 0 radical (unpaired) electrons. The molecule has 7 heteroatoms. The second-order valence-corrected chi connectivity index (χ2v) is 8.04. The number of hydrogen-bond acceptors (Lipinski definition) is 5. The first-order chi connectivity index (χ1) is 14.3. The van der Waals surface area contributed by atoms with Gasteiger partial charge in [0.15, 0.2) is 0 Å². The normalized spacial score (nSPS) is 12.7. The van der Waals surface area contributed by atoms with Crippen LogP contribution >= 0.6 is 11.6 Å². The molecule has 0 saturated heterocycles. The number of nitrogens with zero attached hydrogens (tertiary/aromatic N) is 2. The average Bonchev–Trinajstić information content (AvgIpc) is 2.83. The lowest BCUT2D eigenvalue weighted by Gasteiger charge is -2.18. The quantitative estimate of drug-likeness (QED) is 0.406. The maximum Gasteiger partial charge on any atom is 1.20 e. The Bertz CT molecular complexity index is 1180. The van der Waals surface area contributed by atoms with Crippen LogP contribution in [0.5, 0.6) is 17.2 Å². The van der Waals surface area contributed by atoms with E-state index in [0.717, 1.165) is 10.9 Å². The zero-order chi connectivity index (χ0) is 19.6. The Labute approximate surface area is 177 Å². The van der Waals surface area contributed by atoms with Crippen LogP contribution in [0.3, 0.4) is 0 Å². The van der Waals surface area contributed by atoms with Gasteiger partial charge in [-0.3, -0.25) is 9.98 Å². The summed E-state index contributed by atoms with van der Waals surface area (Å²) in [6.07, 6.45) is 3.48. The minimum Gasteiger partial charge on any atom is -0.577 e. The van der Waals surface area contributed by atoms with Crippen molar-refractivity contribution in [1.82, 2.24) is 4.98 Å². The molecule has 2 heterocycles. The summed E-state index contributed by atoms with van der Waals surface area (Å²) in [6.45, 7) is 0. The van der Waals surface area contributed by atoms with E-state index in [1.54, 1.807) is 24.5 Å². The van der Waals surface area contributed by atoms with Gasteiger partial charge in [0.25, 0.3) is 0 Å². The molecule has 4 aromatic rings. The second kappa shape index (κ2) is 7.77. The van der Waals surface area contributed by atoms with Crippen LogP contribution in [0.1, 0.15) is 5.56 Å². The molecule has 1 aliphatic heterocycles. The van der Waals surface area contributed by atoms with Crippen LogP contribution in [-0.4, -0.2) is 26.3 Å². The summed E-state index contributed by atoms with van der Waals surface area (Å²) < 4.78 is 18.6. The van der Waals surface area contributed by atoms with Gasteiger partial charge in [-0.15, -0.1) is 0 Å². The third-order valence-electron chi connectivity index (χ3n) is 4.48. The van der Waals surface area contributed by atoms with E-state index in [0.29, 0.717) is 33.5 Å². The topological polar surface area (TPSA) is 52.9 Å². The molecule has 3 aromatic carbocycles. The van der Waals surface area contributed by atoms with Gasteiger partial charge >= 0.3 is 15.1 Å². The Morgan fingerprint density at radius 1 is 0.828 bits per heavy atom. The fourth-order valence-electron chi connectivity index (χ4n) is 3.09. The van der Waals surface area contributed by atoms with Gasteiger partial charge in [0.05, 0.1) is 10.8 Å². The van der Waals surface area contributed by atoms with Crippen LogP contribution in [0.2, 0.25) is 5.02 Å². The SMILES string of the molecule is Clc1ccc([O][Al]2[O]c3ccccc3C=Nc3ccccc3[O]2)c2ncccc12. The Morgan fingerprint density at radius 2 is 1.62 bits per heavy atom. The smallest absolute Gasteiger partial charge is 0.577 e. The number of pyridine rings is 1. The largest absolute Gasteiger partial charge is 1.20 e. The van der Waals surface area contributed by atoms with Crippen molar-refractivity contribution in [3.8, 4) is 17.2 Å². The molecule has 0 spiro atoms. The number of fused-ring (bicyclic) bond motifs is 3. The molecule has 5 rings (SSSR count). The molecule has 0 fully saturated rings. The van der Waals surface area contributed by atoms with Crippen molar-refractivity contribution in [2.45, 2.75) is 0 Å². The van der Waals surface area contributed by atoms with Crippen molar-refractivity contribution in [1.29, 1.82) is 0 Å². The minimum atomic E-state index is -2.72. The van der Waals surface area contributed by atoms with Gasteiger partial charge in [-0.05, 0) is 48.5 Å². The van der Waals surface area contributed by atoms with E-state index >= 15 is 0 Å². The molecular formula is C22H14AlClN2O3. The summed E-state index contributed by atoms with van der Waals surface area (Å²) in [7, 11) is 0. The number of halogens is 1. The molecule has 0 unspecified atom stereocenters. The van der Waals surface area contributed by atoms with Crippen molar-refractivity contribution < 1.29 is 11.4 Å². The number of aliphatic imine (C=N–C) groups is 1. The first-order valence-corrected chi connectivity index (χ1v) is 10.8. The monoisotopic (exact) mass is 416 g/mol. The van der Waals surface area contributed by atoms with Gasteiger partial charge < -0.3 is 11.4 Å². The lowest BCUT2D eigenvalue weighted by molar-refractivity contribution is 0.309. The van der Waals surface area contributed by atoms with E-state index in [1.165, 1.54) is 0 Å². The second-order valence-electron chi connectivity index (χ2n) is 6.35. The number of rotatable bonds is 2. The molecule has 0 atom stereocenters. The Morgan fingerprint density at radius 3 is 2.55 bits per heavy atom. The first kappa shape index (κ1) is 18.0. The van der Waals surface area contributed by atoms with E-state index in [2.05, 4.69) is 9.98 Å². The molecule has 5 nitrogen and oxygen atoms in total. The van der Waals surface area contributed by atoms with Gasteiger partial charge in [-0.2, -0.15) is 0 Å². The molecule has 0 amide bonds. The predicted octanol–water partition coefficient (Wildman–Crippen LogP) is 5.47. The van der Waals surface area contributed by atoms with Crippen molar-refractivity contribution >= 4 is 49.6 Å². The molecule has 1 aromatic heterocycles. The van der Waals surface area contributed by atoms with Crippen molar-refractivity contribution in [2.24, 2.45) is 4.99 Å². The van der Waals surface area contributed by atoms with Gasteiger partial charge in [0.1, 0.15) is 22.7 Å². The summed E-state index contributed by atoms with van der Waals surface area (Å²) in [6, 6.07) is 22.5. The first-order valence-electron chi connectivity index (χ1n) is 9.03. The maximum atomic E-state index is 6.31. The summed E-state index contributed by atoms with van der Waals surface area (Å²) in [5.41, 5.74) is 2.23. The van der Waals surface area contributed by atoms with E-state index in [-0.39, 0.29) is 0 Å². The number of benzene rings is 3. The highest BCUT2D eigenvalue weighted by molar-refractivity contribution is 6.40. The fourth-order valence-corrected chi connectivity index (χ4v) is 4.67. The van der Waals surface area contributed by atoms with Crippen molar-refractivity contribution in [3.63, 3.8) is 0 Å². The fraction of sp³-hybridized carbons (Fsp3) is 0. The van der Waals surface area contributed by atoms with Crippen LogP contribution < -0.4 is 11.4 Å². The third kappa shape index (κ3) is 3.66. The predicted molar refractivity (Wildman–Crippen MR) is 115 cm³/mol. The molecule has 0 bridgehead atoms. The van der Waals surface area contributed by atoms with Gasteiger partial charge in [0, 0.05) is 23.4 Å². The van der Waals surface area contributed by atoms with Crippen molar-refractivity contribution in [3.05, 3.63) is 89.6 Å². The third-order valence-corrected chi connectivity index (χ3v) is 6.14. The average molecular weight is 417 g/mol. The molecule has 1 aliphatic rings. The highest BCUT2D eigenvalue weighted by Crippen LogP contribution is 2.33. The zero-order valence-corrected chi connectivity index (χ0v) is 17.1. The minimum absolute atomic E-state index is 0.566. The summed E-state index contributed by atoms with van der Waals surface area (Å²) in [5, 5.41) is 1.43. The maximum absolute atomic E-state index is 6.31. The highest BCUT2D eigenvalue weighted by atomic mass is 35.5. The van der Waals surface area contributed by atoms with Crippen molar-refractivity contribution in [2.75, 3.05) is 0 Å². The standard InChI is InChI=1S/C13H11NO2.C9H6ClNO.Al/c15-12-7-3-1-5-10(12)9-14-11-6-2-4-8-13(11)16;10-7-3-4-8(12)9-6(7)2-1-5-11-9;/h1-9,15-16H;1-5,12H;/q;;+3/p-3. The van der Waals surface area contributed by atoms with Gasteiger partial charge in [0.2, 0.25) is 0 Å². The molecule has 0 saturated carbocycles. The molecule has 29 heavy (non-hydrogen) atoms. The van der Waals surface area contributed by atoms with Crippen LogP contribution in [0, 0.1) is 0 Å². The lowest BCUT2D eigenvalue weighted by Crippen LogP contribution is -2.37. The summed E-state index contributed by atoms with van der Waals surface area (Å²) >= 11 is 3.60. The number of para-hydroxylation sites is 3. The Kier molecular flexibility index (Phi) is 4.83. The Hall–Kier alpha value is -3.04. The van der Waals surface area contributed by atoms with Crippen LogP contribution in [0.4, 0.5) is 5.69 Å². The van der Waals surface area contributed by atoms with E-state index in [1.807, 2.05) is 60.7 Å². The molecule has 0 aliphatic carbocycles. The lowest BCUT2D eigenvalue weighted by atomic mass is 10.2. The van der Waals surface area contributed by atoms with Gasteiger partial charge in [-0.1, -0.05) is 35.9 Å². The number of aromatic nitrogens is 1. The van der Waals surface area contributed by atoms with E-state index in [4.69, 9.17) is 23.0 Å². The summed E-state index contributed by atoms with van der Waals surface area (Å²) in [4.78, 5) is 8.99. The van der Waals surface area contributed by atoms with Crippen LogP contribution in [0.15, 0.2) is 84.0 Å². The number of hydrogen-bond donors (Lipinski definition) is 0. The zero-order valence-electron chi connectivity index (χ0n) is 15.2. The Balaban J connectivity index is 1.58. The highest BCUT2D eigenvalue weighted by Gasteiger charge is 2.46. The van der Waals surface area contributed by atoms with Crippen LogP contribution in [-0.2, 0) is 0 Å². The van der Waals surface area contributed by atoms with Crippen LogP contribution in [0.25, 0.3) is 10.9 Å². The van der Waals surface area contributed by atoms with Gasteiger partial charge in [-0.25, -0.2) is 0 Å².